The molecule has 0 aliphatic heterocycles. The van der Waals surface area contributed by atoms with Crippen molar-refractivity contribution in [2.24, 2.45) is 0 Å². The number of nitrogens with one attached hydrogen (secondary N) is 1. The summed E-state index contributed by atoms with van der Waals surface area (Å²) in [5, 5.41) is 23.8. The highest BCUT2D eigenvalue weighted by molar-refractivity contribution is 5.93. The summed E-state index contributed by atoms with van der Waals surface area (Å²) >= 11 is 0. The number of nitro groups is 2. The van der Waals surface area contributed by atoms with Gasteiger partial charge in [-0.1, -0.05) is 6.92 Å². The number of carbonyl (C=O) groups excluding carboxylic acids is 1. The zero-order valence-electron chi connectivity index (χ0n) is 9.80. The van der Waals surface area contributed by atoms with Gasteiger partial charge in [-0.15, -0.1) is 0 Å². The average Bonchev–Trinajstić information content (AvgIpc) is 2.27. The van der Waals surface area contributed by atoms with Crippen molar-refractivity contribution in [1.29, 1.82) is 0 Å². The molecular formula is C10H11N3O5. The minimum absolute atomic E-state index is 0.0325. The van der Waals surface area contributed by atoms with Crippen LogP contribution in [-0.2, 0) is 4.79 Å². The summed E-state index contributed by atoms with van der Waals surface area (Å²) < 4.78 is 0. The van der Waals surface area contributed by atoms with E-state index in [1.165, 1.54) is 13.0 Å². The van der Waals surface area contributed by atoms with Crippen LogP contribution in [0.25, 0.3) is 0 Å². The molecule has 0 aromatic heterocycles. The minimum atomic E-state index is -0.766. The lowest BCUT2D eigenvalue weighted by Crippen LogP contribution is -2.11. The van der Waals surface area contributed by atoms with E-state index in [0.29, 0.717) is 0 Å². The molecule has 1 aromatic rings. The molecule has 8 heteroatoms. The summed E-state index contributed by atoms with van der Waals surface area (Å²) in [7, 11) is 0. The molecule has 0 aliphatic rings. The predicted octanol–water partition coefficient (Wildman–Crippen LogP) is 2.16. The van der Waals surface area contributed by atoms with Crippen LogP contribution < -0.4 is 5.32 Å². The van der Waals surface area contributed by atoms with Gasteiger partial charge >= 0.3 is 0 Å². The lowest BCUT2D eigenvalue weighted by molar-refractivity contribution is -0.394. The van der Waals surface area contributed by atoms with Crippen molar-refractivity contribution in [2.45, 2.75) is 20.3 Å². The molecule has 0 bridgehead atoms. The number of carbonyl (C=O) groups is 1. The molecule has 1 rings (SSSR count). The van der Waals surface area contributed by atoms with Gasteiger partial charge in [0.1, 0.15) is 5.69 Å². The third kappa shape index (κ3) is 2.78. The Kier molecular flexibility index (Phi) is 3.93. The maximum Gasteiger partial charge on any atom is 0.299 e. The normalized spacial score (nSPS) is 9.89. The molecule has 96 valence electrons. The highest BCUT2D eigenvalue weighted by Crippen LogP contribution is 2.32. The number of nitrogens with zero attached hydrogens (tertiary/aromatic N) is 2. The first kappa shape index (κ1) is 13.6. The van der Waals surface area contributed by atoms with Crippen molar-refractivity contribution in [2.75, 3.05) is 5.32 Å². The SMILES string of the molecule is CCC(=O)Nc1cc(C)c([N+](=O)[O-])cc1[N+](=O)[O-]. The van der Waals surface area contributed by atoms with Gasteiger partial charge in [0.25, 0.3) is 11.4 Å². The molecule has 18 heavy (non-hydrogen) atoms. The molecule has 0 radical (unpaired) electrons. The average molecular weight is 253 g/mol. The van der Waals surface area contributed by atoms with E-state index in [9.17, 15) is 25.0 Å². The molecule has 0 heterocycles. The fourth-order valence-electron chi connectivity index (χ4n) is 1.37. The molecule has 0 saturated heterocycles. The summed E-state index contributed by atoms with van der Waals surface area (Å²) in [4.78, 5) is 31.2. The molecule has 1 N–H and O–H groups in total. The molecule has 0 fully saturated rings. The van der Waals surface area contributed by atoms with Crippen LogP contribution in [0.4, 0.5) is 17.1 Å². The first-order valence-corrected chi connectivity index (χ1v) is 5.10. The van der Waals surface area contributed by atoms with Crippen LogP contribution in [0.15, 0.2) is 12.1 Å². The van der Waals surface area contributed by atoms with Crippen molar-refractivity contribution in [3.05, 3.63) is 37.9 Å². The van der Waals surface area contributed by atoms with Crippen molar-refractivity contribution in [1.82, 2.24) is 0 Å². The fraction of sp³-hybridized carbons (Fsp3) is 0.300. The van der Waals surface area contributed by atoms with Crippen LogP contribution >= 0.6 is 0 Å². The van der Waals surface area contributed by atoms with Crippen LogP contribution in [0, 0.1) is 27.2 Å². The van der Waals surface area contributed by atoms with E-state index >= 15 is 0 Å². The highest BCUT2D eigenvalue weighted by Gasteiger charge is 2.23. The largest absolute Gasteiger partial charge is 0.320 e. The van der Waals surface area contributed by atoms with Gasteiger partial charge < -0.3 is 5.32 Å². The summed E-state index contributed by atoms with van der Waals surface area (Å²) in [6.45, 7) is 3.04. The second-order valence-electron chi connectivity index (χ2n) is 3.57. The molecule has 1 amide bonds. The number of hydrogen-bond donors (Lipinski definition) is 1. The highest BCUT2D eigenvalue weighted by atomic mass is 16.6. The minimum Gasteiger partial charge on any atom is -0.320 e. The van der Waals surface area contributed by atoms with E-state index < -0.39 is 21.4 Å². The van der Waals surface area contributed by atoms with E-state index in [1.807, 2.05) is 0 Å². The summed E-state index contributed by atoms with van der Waals surface area (Å²) in [6.07, 6.45) is 0.160. The number of anilines is 1. The Balaban J connectivity index is 3.33. The maximum atomic E-state index is 11.2. The summed E-state index contributed by atoms with van der Waals surface area (Å²) in [5.41, 5.74) is -0.628. The maximum absolute atomic E-state index is 11.2. The molecule has 0 aliphatic carbocycles. The Morgan fingerprint density at radius 1 is 1.22 bits per heavy atom. The van der Waals surface area contributed by atoms with Gasteiger partial charge in [-0.05, 0) is 13.0 Å². The molecule has 8 nitrogen and oxygen atoms in total. The van der Waals surface area contributed by atoms with Crippen molar-refractivity contribution in [3.63, 3.8) is 0 Å². The van der Waals surface area contributed by atoms with Crippen LogP contribution in [0.1, 0.15) is 18.9 Å². The summed E-state index contributed by atoms with van der Waals surface area (Å²) in [5.74, 6) is -0.397. The van der Waals surface area contributed by atoms with E-state index in [0.717, 1.165) is 6.07 Å². The number of aryl methyl sites for hydroxylation is 1. The Labute approximate surface area is 102 Å². The Morgan fingerprint density at radius 2 is 1.78 bits per heavy atom. The van der Waals surface area contributed by atoms with E-state index in [1.54, 1.807) is 6.92 Å². The van der Waals surface area contributed by atoms with Gasteiger partial charge in [-0.3, -0.25) is 25.0 Å². The fourth-order valence-corrected chi connectivity index (χ4v) is 1.37. The van der Waals surface area contributed by atoms with Gasteiger partial charge in [0.05, 0.1) is 15.9 Å². The lowest BCUT2D eigenvalue weighted by atomic mass is 10.1. The second-order valence-corrected chi connectivity index (χ2v) is 3.57. The predicted molar refractivity (Wildman–Crippen MR) is 63.4 cm³/mol. The Hall–Kier alpha value is -2.51. The van der Waals surface area contributed by atoms with Crippen LogP contribution in [0.5, 0.6) is 0 Å². The van der Waals surface area contributed by atoms with Gasteiger partial charge in [-0.2, -0.15) is 0 Å². The van der Waals surface area contributed by atoms with Crippen LogP contribution in [-0.4, -0.2) is 15.8 Å². The molecular weight excluding hydrogens is 242 g/mol. The van der Waals surface area contributed by atoms with Gasteiger partial charge in [-0.25, -0.2) is 0 Å². The van der Waals surface area contributed by atoms with E-state index in [-0.39, 0.29) is 23.4 Å². The quantitative estimate of drug-likeness (QED) is 0.651. The monoisotopic (exact) mass is 253 g/mol. The van der Waals surface area contributed by atoms with E-state index in [4.69, 9.17) is 0 Å². The van der Waals surface area contributed by atoms with Crippen LogP contribution in [0.2, 0.25) is 0 Å². The second kappa shape index (κ2) is 5.21. The third-order valence-corrected chi connectivity index (χ3v) is 2.30. The molecule has 0 atom stereocenters. The van der Waals surface area contributed by atoms with E-state index in [2.05, 4.69) is 5.32 Å². The third-order valence-electron chi connectivity index (χ3n) is 2.30. The van der Waals surface area contributed by atoms with Gasteiger partial charge in [0.2, 0.25) is 5.91 Å². The van der Waals surface area contributed by atoms with Crippen molar-refractivity contribution in [3.8, 4) is 0 Å². The number of benzene rings is 1. The van der Waals surface area contributed by atoms with Crippen molar-refractivity contribution >= 4 is 23.0 Å². The standard InChI is InChI=1S/C10H11N3O5/c1-3-10(14)11-7-4-6(2)8(12(15)16)5-9(7)13(17)18/h4-5H,3H2,1-2H3,(H,11,14). The number of amides is 1. The molecule has 0 unspecified atom stereocenters. The Morgan fingerprint density at radius 3 is 2.22 bits per heavy atom. The number of nitro benzene ring substituents is 2. The topological polar surface area (TPSA) is 115 Å². The Bertz CT molecular complexity index is 526. The van der Waals surface area contributed by atoms with Crippen molar-refractivity contribution < 1.29 is 14.6 Å². The lowest BCUT2D eigenvalue weighted by Gasteiger charge is -2.06. The first-order valence-electron chi connectivity index (χ1n) is 5.10. The molecule has 0 spiro atoms. The van der Waals surface area contributed by atoms with Gasteiger partial charge in [0, 0.05) is 12.0 Å². The summed E-state index contributed by atoms with van der Waals surface area (Å²) in [6, 6.07) is 2.07. The van der Waals surface area contributed by atoms with Crippen LogP contribution in [0.3, 0.4) is 0 Å². The van der Waals surface area contributed by atoms with Gasteiger partial charge in [0.15, 0.2) is 0 Å². The zero-order chi connectivity index (χ0) is 13.9. The zero-order valence-corrected chi connectivity index (χ0v) is 9.80. The first-order chi connectivity index (χ1) is 8.36. The molecule has 1 aromatic carbocycles. The number of rotatable bonds is 4. The molecule has 0 saturated carbocycles. The number of hydrogen-bond acceptors (Lipinski definition) is 5. The smallest absolute Gasteiger partial charge is 0.299 e.